The van der Waals surface area contributed by atoms with Gasteiger partial charge < -0.3 is 14.2 Å². The van der Waals surface area contributed by atoms with Gasteiger partial charge in [-0.2, -0.15) is 0 Å². The maximum Gasteiger partial charge on any atom is 0.306 e. The number of carbonyl (C=O) groups is 3. The molecular weight excluding hydrogens is 985 g/mol. The molecule has 0 bridgehead atoms. The zero-order chi connectivity index (χ0) is 57.8. The Balaban J connectivity index is 4.19. The van der Waals surface area contributed by atoms with Gasteiger partial charge in [0.15, 0.2) is 6.10 Å². The number of rotatable bonds is 67. The lowest BCUT2D eigenvalue weighted by molar-refractivity contribution is -0.167. The number of ether oxygens (including phenoxy) is 3. The molecule has 6 nitrogen and oxygen atoms in total. The minimum Gasteiger partial charge on any atom is -0.462 e. The third-order valence-corrected chi connectivity index (χ3v) is 16.4. The summed E-state index contributed by atoms with van der Waals surface area (Å²) < 4.78 is 17.0. The summed E-state index contributed by atoms with van der Waals surface area (Å²) >= 11 is 0. The van der Waals surface area contributed by atoms with Crippen LogP contribution in [0.25, 0.3) is 0 Å². The van der Waals surface area contributed by atoms with Crippen molar-refractivity contribution in [3.8, 4) is 0 Å². The van der Waals surface area contributed by atoms with Crippen LogP contribution in [-0.2, 0) is 28.6 Å². The summed E-state index contributed by atoms with van der Waals surface area (Å²) in [6.07, 6.45) is 86.1. The smallest absolute Gasteiger partial charge is 0.306 e. The van der Waals surface area contributed by atoms with Crippen LogP contribution in [-0.4, -0.2) is 37.2 Å². The van der Waals surface area contributed by atoms with E-state index in [9.17, 15) is 14.4 Å². The Hall–Kier alpha value is -2.37. The van der Waals surface area contributed by atoms with Crippen molar-refractivity contribution >= 4 is 17.9 Å². The highest BCUT2D eigenvalue weighted by atomic mass is 16.6. The number of esters is 3. The molecular formula is C74H138O6. The monoisotopic (exact) mass is 1120 g/mol. The van der Waals surface area contributed by atoms with Gasteiger partial charge in [-0.25, -0.2) is 0 Å². The second-order valence-corrected chi connectivity index (χ2v) is 24.5. The Labute approximate surface area is 499 Å². The van der Waals surface area contributed by atoms with Gasteiger partial charge in [-0.15, -0.1) is 0 Å². The minimum atomic E-state index is -0.773. The number of hydrogen-bond acceptors (Lipinski definition) is 6. The molecule has 1 unspecified atom stereocenters. The Bertz CT molecular complexity index is 1340. The highest BCUT2D eigenvalue weighted by Gasteiger charge is 2.19. The molecule has 0 aromatic heterocycles. The molecule has 0 spiro atoms. The fraction of sp³-hybridized carbons (Fsp3) is 0.878. The van der Waals surface area contributed by atoms with E-state index >= 15 is 0 Å². The van der Waals surface area contributed by atoms with Crippen molar-refractivity contribution in [2.75, 3.05) is 13.2 Å². The van der Waals surface area contributed by atoms with E-state index in [2.05, 4.69) is 57.2 Å². The maximum atomic E-state index is 12.9. The average Bonchev–Trinajstić information content (AvgIpc) is 3.46. The third-order valence-electron chi connectivity index (χ3n) is 16.4. The summed E-state index contributed by atoms with van der Waals surface area (Å²) in [5.74, 6) is -0.850. The summed E-state index contributed by atoms with van der Waals surface area (Å²) in [6.45, 7) is 6.67. The van der Waals surface area contributed by atoms with Gasteiger partial charge in [0.25, 0.3) is 0 Å². The Morgan fingerprint density at radius 3 is 0.725 bits per heavy atom. The van der Waals surface area contributed by atoms with Crippen LogP contribution < -0.4 is 0 Å². The molecule has 0 saturated carbocycles. The van der Waals surface area contributed by atoms with Crippen molar-refractivity contribution in [1.29, 1.82) is 0 Å². The van der Waals surface area contributed by atoms with Gasteiger partial charge in [-0.1, -0.05) is 340 Å². The van der Waals surface area contributed by atoms with Gasteiger partial charge in [0.2, 0.25) is 0 Å². The van der Waals surface area contributed by atoms with E-state index < -0.39 is 6.10 Å². The first-order valence-corrected chi connectivity index (χ1v) is 36.0. The third kappa shape index (κ3) is 66.4. The van der Waals surface area contributed by atoms with Crippen molar-refractivity contribution in [2.45, 2.75) is 406 Å². The molecule has 0 N–H and O–H groups in total. The van der Waals surface area contributed by atoms with Gasteiger partial charge in [-0.05, 0) is 77.0 Å². The van der Waals surface area contributed by atoms with Gasteiger partial charge in [-0.3, -0.25) is 14.4 Å². The van der Waals surface area contributed by atoms with E-state index in [1.165, 1.54) is 289 Å². The predicted octanol–water partition coefficient (Wildman–Crippen LogP) is 24.7. The number of allylic oxidation sites excluding steroid dienone is 6. The fourth-order valence-corrected chi connectivity index (χ4v) is 10.9. The molecule has 0 fully saturated rings. The molecule has 0 aliphatic carbocycles. The highest BCUT2D eigenvalue weighted by Crippen LogP contribution is 2.19. The molecule has 0 radical (unpaired) electrons. The Kier molecular flexibility index (Phi) is 67.1. The highest BCUT2D eigenvalue weighted by molar-refractivity contribution is 5.71. The molecule has 6 heteroatoms. The number of carbonyl (C=O) groups excluding carboxylic acids is 3. The van der Waals surface area contributed by atoms with E-state index in [1.807, 2.05) is 0 Å². The molecule has 0 saturated heterocycles. The van der Waals surface area contributed by atoms with E-state index in [-0.39, 0.29) is 31.1 Å². The van der Waals surface area contributed by atoms with Gasteiger partial charge >= 0.3 is 17.9 Å². The largest absolute Gasteiger partial charge is 0.462 e. The molecule has 0 heterocycles. The first-order valence-electron chi connectivity index (χ1n) is 36.0. The lowest BCUT2D eigenvalue weighted by Crippen LogP contribution is -2.30. The van der Waals surface area contributed by atoms with Crippen LogP contribution in [0.1, 0.15) is 400 Å². The number of hydrogen-bond donors (Lipinski definition) is 0. The second kappa shape index (κ2) is 69.1. The lowest BCUT2D eigenvalue weighted by Gasteiger charge is -2.18. The molecule has 0 aliphatic heterocycles. The van der Waals surface area contributed by atoms with Crippen molar-refractivity contribution in [3.63, 3.8) is 0 Å². The minimum absolute atomic E-state index is 0.0695. The van der Waals surface area contributed by atoms with E-state index in [1.54, 1.807) is 0 Å². The molecule has 80 heavy (non-hydrogen) atoms. The van der Waals surface area contributed by atoms with Gasteiger partial charge in [0.05, 0.1) is 0 Å². The number of unbranched alkanes of at least 4 members (excludes halogenated alkanes) is 50. The maximum absolute atomic E-state index is 12.9. The van der Waals surface area contributed by atoms with Crippen LogP contribution in [0.3, 0.4) is 0 Å². The average molecular weight is 1120 g/mol. The molecule has 0 aromatic carbocycles. The summed E-state index contributed by atoms with van der Waals surface area (Å²) in [5, 5.41) is 0. The molecule has 0 aliphatic rings. The normalized spacial score (nSPS) is 12.2. The Morgan fingerprint density at radius 1 is 0.250 bits per heavy atom. The first-order chi connectivity index (χ1) is 39.5. The quantitative estimate of drug-likeness (QED) is 0.0261. The van der Waals surface area contributed by atoms with Crippen LogP contribution >= 0.6 is 0 Å². The summed E-state index contributed by atoms with van der Waals surface area (Å²) in [5.41, 5.74) is 0. The Morgan fingerprint density at radius 2 is 0.450 bits per heavy atom. The topological polar surface area (TPSA) is 78.9 Å². The van der Waals surface area contributed by atoms with Crippen LogP contribution in [0.5, 0.6) is 0 Å². The molecule has 0 rings (SSSR count). The molecule has 1 atom stereocenters. The summed E-state index contributed by atoms with van der Waals surface area (Å²) in [4.78, 5) is 38.4. The van der Waals surface area contributed by atoms with Crippen molar-refractivity contribution in [1.82, 2.24) is 0 Å². The SMILES string of the molecule is CCCCC/C=C\CCCCCCCC(=O)OCC(COC(=O)CCCCCCCCCCCCCCCCC/C=C\C/C=C\CCCCCCC)OC(=O)CCCCCCCCCCCCCCCCCCCCCCCCC. The first kappa shape index (κ1) is 77.6. The molecule has 470 valence electrons. The zero-order valence-corrected chi connectivity index (χ0v) is 54.1. The van der Waals surface area contributed by atoms with Crippen molar-refractivity contribution < 1.29 is 28.6 Å². The van der Waals surface area contributed by atoms with Crippen LogP contribution in [0, 0.1) is 0 Å². The molecule has 0 aromatic rings. The van der Waals surface area contributed by atoms with E-state index in [0.29, 0.717) is 19.3 Å². The second-order valence-electron chi connectivity index (χ2n) is 24.5. The fourth-order valence-electron chi connectivity index (χ4n) is 10.9. The predicted molar refractivity (Wildman–Crippen MR) is 349 cm³/mol. The van der Waals surface area contributed by atoms with E-state index in [4.69, 9.17) is 14.2 Å². The summed E-state index contributed by atoms with van der Waals surface area (Å²) in [7, 11) is 0. The van der Waals surface area contributed by atoms with Gasteiger partial charge in [0, 0.05) is 19.3 Å². The van der Waals surface area contributed by atoms with Crippen molar-refractivity contribution in [2.24, 2.45) is 0 Å². The van der Waals surface area contributed by atoms with Crippen LogP contribution in [0.15, 0.2) is 36.5 Å². The molecule has 0 amide bonds. The van der Waals surface area contributed by atoms with Crippen LogP contribution in [0.2, 0.25) is 0 Å². The van der Waals surface area contributed by atoms with E-state index in [0.717, 1.165) is 70.6 Å². The van der Waals surface area contributed by atoms with Gasteiger partial charge in [0.1, 0.15) is 13.2 Å². The zero-order valence-electron chi connectivity index (χ0n) is 54.1. The standard InChI is InChI=1S/C74H138O6/c1-4-7-10-13-16-19-22-25-27-29-31-33-35-36-37-38-40-41-43-45-47-49-52-55-58-61-64-67-73(76)79-70-71(69-78-72(75)66-63-60-57-54-51-24-21-18-15-12-9-6-3)80-74(77)68-65-62-59-56-53-50-48-46-44-42-39-34-32-30-28-26-23-20-17-14-11-8-5-2/h18,21-22,25,29,31,71H,4-17,19-20,23-24,26-28,30,32-70H2,1-3H3/b21-18-,25-22-,31-29-. The summed E-state index contributed by atoms with van der Waals surface area (Å²) in [6, 6.07) is 0. The van der Waals surface area contributed by atoms with Crippen LogP contribution in [0.4, 0.5) is 0 Å². The van der Waals surface area contributed by atoms with Crippen molar-refractivity contribution in [3.05, 3.63) is 36.5 Å². The lowest BCUT2D eigenvalue weighted by atomic mass is 10.0.